The molecule has 0 radical (unpaired) electrons. The van der Waals surface area contributed by atoms with Gasteiger partial charge in [-0.1, -0.05) is 48.0 Å². The van der Waals surface area contributed by atoms with Gasteiger partial charge in [-0.3, -0.25) is 14.5 Å². The highest BCUT2D eigenvalue weighted by Crippen LogP contribution is 2.31. The average Bonchev–Trinajstić information content (AvgIpc) is 3.04. The molecule has 4 rings (SSSR count). The van der Waals surface area contributed by atoms with Gasteiger partial charge in [0.05, 0.1) is 12.7 Å². The normalized spacial score (nSPS) is 13.6. The Kier molecular flexibility index (Phi) is 6.31. The number of ether oxygens (including phenoxy) is 1. The second-order valence-corrected chi connectivity index (χ2v) is 8.40. The first-order valence-electron chi connectivity index (χ1n) is 11.0. The molecule has 3 aromatic rings. The Morgan fingerprint density at radius 2 is 1.52 bits per heavy atom. The van der Waals surface area contributed by atoms with Crippen LogP contribution in [0.1, 0.15) is 27.8 Å². The van der Waals surface area contributed by atoms with Crippen LogP contribution in [0, 0.1) is 20.8 Å². The summed E-state index contributed by atoms with van der Waals surface area (Å²) in [5.74, 6) is 0.196. The van der Waals surface area contributed by atoms with Gasteiger partial charge in [-0.05, 0) is 73.7 Å². The van der Waals surface area contributed by atoms with Crippen molar-refractivity contribution in [1.82, 2.24) is 4.90 Å². The van der Waals surface area contributed by atoms with E-state index in [1.54, 1.807) is 7.11 Å². The SMILES string of the molecule is COc1ccc(CCN2C(=O)C(Nc3ccc(C)c(C)c3)=C(c3ccc(C)cc3)C2=O)cc1. The fourth-order valence-electron chi connectivity index (χ4n) is 3.88. The van der Waals surface area contributed by atoms with Crippen LogP contribution in [0.5, 0.6) is 5.75 Å². The van der Waals surface area contributed by atoms with Crippen molar-refractivity contribution in [1.29, 1.82) is 0 Å². The summed E-state index contributed by atoms with van der Waals surface area (Å²) in [4.78, 5) is 28.2. The van der Waals surface area contributed by atoms with Gasteiger partial charge in [-0.15, -0.1) is 0 Å². The van der Waals surface area contributed by atoms with E-state index in [9.17, 15) is 9.59 Å². The van der Waals surface area contributed by atoms with E-state index < -0.39 is 0 Å². The largest absolute Gasteiger partial charge is 0.497 e. The number of nitrogens with zero attached hydrogens (tertiary/aromatic N) is 1. The Bertz CT molecular complexity index is 1230. The lowest BCUT2D eigenvalue weighted by atomic mass is 10.0. The second kappa shape index (κ2) is 9.33. The molecular formula is C28H28N2O3. The molecule has 1 aliphatic heterocycles. The van der Waals surface area contributed by atoms with Gasteiger partial charge in [-0.25, -0.2) is 0 Å². The predicted octanol–water partition coefficient (Wildman–Crippen LogP) is 5.06. The van der Waals surface area contributed by atoms with Gasteiger partial charge < -0.3 is 10.1 Å². The molecule has 1 N–H and O–H groups in total. The van der Waals surface area contributed by atoms with Gasteiger partial charge in [0, 0.05) is 12.2 Å². The summed E-state index contributed by atoms with van der Waals surface area (Å²) < 4.78 is 5.21. The highest BCUT2D eigenvalue weighted by molar-refractivity contribution is 6.36. The van der Waals surface area contributed by atoms with E-state index in [1.165, 1.54) is 10.5 Å². The second-order valence-electron chi connectivity index (χ2n) is 8.40. The highest BCUT2D eigenvalue weighted by atomic mass is 16.5. The molecule has 0 aliphatic carbocycles. The number of methoxy groups -OCH3 is 1. The summed E-state index contributed by atoms with van der Waals surface area (Å²) in [5.41, 5.74) is 6.66. The minimum absolute atomic E-state index is 0.274. The molecule has 0 atom stereocenters. The van der Waals surface area contributed by atoms with Gasteiger partial charge >= 0.3 is 0 Å². The molecule has 1 aliphatic rings. The molecule has 0 spiro atoms. The molecule has 0 fully saturated rings. The molecule has 1 heterocycles. The van der Waals surface area contributed by atoms with E-state index in [4.69, 9.17) is 4.74 Å². The van der Waals surface area contributed by atoms with Crippen molar-refractivity contribution < 1.29 is 14.3 Å². The number of carbonyl (C=O) groups is 2. The molecule has 168 valence electrons. The summed E-state index contributed by atoms with van der Waals surface area (Å²) in [6.07, 6.45) is 0.569. The average molecular weight is 441 g/mol. The molecule has 33 heavy (non-hydrogen) atoms. The predicted molar refractivity (Wildman–Crippen MR) is 131 cm³/mol. The fourth-order valence-corrected chi connectivity index (χ4v) is 3.88. The number of hydrogen-bond acceptors (Lipinski definition) is 4. The number of benzene rings is 3. The van der Waals surface area contributed by atoms with Crippen LogP contribution in [-0.2, 0) is 16.0 Å². The van der Waals surface area contributed by atoms with Crippen molar-refractivity contribution in [3.63, 3.8) is 0 Å². The molecule has 5 heteroatoms. The Balaban J connectivity index is 1.64. The highest BCUT2D eigenvalue weighted by Gasteiger charge is 2.38. The van der Waals surface area contributed by atoms with Crippen LogP contribution in [0.4, 0.5) is 5.69 Å². The molecule has 3 aromatic carbocycles. The standard InChI is InChI=1S/C28H28N2O3/c1-18-5-10-22(11-6-18)25-26(29-23-12-7-19(2)20(3)17-23)28(32)30(27(25)31)16-15-21-8-13-24(33-4)14-9-21/h5-14,17,29H,15-16H2,1-4H3. The third-order valence-corrected chi connectivity index (χ3v) is 6.07. The third kappa shape index (κ3) is 4.67. The van der Waals surface area contributed by atoms with Gasteiger partial charge in [0.15, 0.2) is 0 Å². The van der Waals surface area contributed by atoms with Crippen LogP contribution < -0.4 is 10.1 Å². The summed E-state index contributed by atoms with van der Waals surface area (Å²) >= 11 is 0. The maximum absolute atomic E-state index is 13.4. The smallest absolute Gasteiger partial charge is 0.278 e. The monoisotopic (exact) mass is 440 g/mol. The molecule has 0 bridgehead atoms. The van der Waals surface area contributed by atoms with Gasteiger partial charge in [-0.2, -0.15) is 0 Å². The quantitative estimate of drug-likeness (QED) is 0.522. The fraction of sp³-hybridized carbons (Fsp3) is 0.214. The zero-order valence-corrected chi connectivity index (χ0v) is 19.4. The van der Waals surface area contributed by atoms with Crippen molar-refractivity contribution in [2.45, 2.75) is 27.2 Å². The van der Waals surface area contributed by atoms with E-state index >= 15 is 0 Å². The first kappa shape index (κ1) is 22.3. The van der Waals surface area contributed by atoms with Crippen LogP contribution in [0.2, 0.25) is 0 Å². The number of anilines is 1. The lowest BCUT2D eigenvalue weighted by molar-refractivity contribution is -0.136. The van der Waals surface area contributed by atoms with Crippen molar-refractivity contribution in [3.05, 3.63) is 100 Å². The van der Waals surface area contributed by atoms with Crippen LogP contribution in [0.3, 0.4) is 0 Å². The molecule has 0 unspecified atom stereocenters. The number of imide groups is 1. The van der Waals surface area contributed by atoms with Crippen LogP contribution >= 0.6 is 0 Å². The first-order valence-corrected chi connectivity index (χ1v) is 11.0. The summed E-state index contributed by atoms with van der Waals surface area (Å²) in [6.45, 7) is 6.37. The summed E-state index contributed by atoms with van der Waals surface area (Å²) in [7, 11) is 1.62. The van der Waals surface area contributed by atoms with Crippen LogP contribution in [0.25, 0.3) is 5.57 Å². The van der Waals surface area contributed by atoms with Crippen molar-refractivity contribution in [2.24, 2.45) is 0 Å². The van der Waals surface area contributed by atoms with Crippen molar-refractivity contribution >= 4 is 23.1 Å². The summed E-state index contributed by atoms with van der Waals surface area (Å²) in [5, 5.41) is 3.25. The number of aryl methyl sites for hydroxylation is 3. The third-order valence-electron chi connectivity index (χ3n) is 6.07. The van der Waals surface area contributed by atoms with E-state index in [-0.39, 0.29) is 11.8 Å². The lowest BCUT2D eigenvalue weighted by Crippen LogP contribution is -2.34. The molecule has 2 amide bonds. The van der Waals surface area contributed by atoms with E-state index in [1.807, 2.05) is 87.5 Å². The zero-order valence-electron chi connectivity index (χ0n) is 19.4. The Labute approximate surface area is 194 Å². The molecular weight excluding hydrogens is 412 g/mol. The summed E-state index contributed by atoms with van der Waals surface area (Å²) in [6, 6.07) is 21.3. The maximum Gasteiger partial charge on any atom is 0.278 e. The molecule has 0 aromatic heterocycles. The lowest BCUT2D eigenvalue weighted by Gasteiger charge is -2.15. The van der Waals surface area contributed by atoms with E-state index in [0.717, 1.165) is 33.7 Å². The number of carbonyl (C=O) groups excluding carboxylic acids is 2. The van der Waals surface area contributed by atoms with E-state index in [0.29, 0.717) is 24.2 Å². The number of rotatable bonds is 7. The zero-order chi connectivity index (χ0) is 23.5. The molecule has 0 saturated carbocycles. The van der Waals surface area contributed by atoms with Crippen molar-refractivity contribution in [3.8, 4) is 5.75 Å². The van der Waals surface area contributed by atoms with Gasteiger partial charge in [0.2, 0.25) is 0 Å². The van der Waals surface area contributed by atoms with E-state index in [2.05, 4.69) is 5.32 Å². The minimum atomic E-state index is -0.303. The number of hydrogen-bond donors (Lipinski definition) is 1. The van der Waals surface area contributed by atoms with Crippen LogP contribution in [-0.4, -0.2) is 30.4 Å². The Hall–Kier alpha value is -3.86. The number of nitrogens with one attached hydrogen (secondary N) is 1. The Morgan fingerprint density at radius 1 is 0.818 bits per heavy atom. The van der Waals surface area contributed by atoms with Crippen molar-refractivity contribution in [2.75, 3.05) is 19.0 Å². The van der Waals surface area contributed by atoms with Gasteiger partial charge in [0.1, 0.15) is 11.4 Å². The number of amides is 2. The van der Waals surface area contributed by atoms with Crippen LogP contribution in [0.15, 0.2) is 72.4 Å². The Morgan fingerprint density at radius 3 is 2.15 bits per heavy atom. The molecule has 5 nitrogen and oxygen atoms in total. The first-order chi connectivity index (χ1) is 15.9. The topological polar surface area (TPSA) is 58.6 Å². The maximum atomic E-state index is 13.4. The molecule has 0 saturated heterocycles. The van der Waals surface area contributed by atoms with Gasteiger partial charge in [0.25, 0.3) is 11.8 Å². The minimum Gasteiger partial charge on any atom is -0.497 e.